The second-order valence-electron chi connectivity index (χ2n) is 7.35. The Morgan fingerprint density at radius 3 is 2.46 bits per heavy atom. The van der Waals surface area contributed by atoms with Crippen molar-refractivity contribution in [1.29, 1.82) is 0 Å². The summed E-state index contributed by atoms with van der Waals surface area (Å²) in [4.78, 5) is 5.64. The van der Waals surface area contributed by atoms with Gasteiger partial charge < -0.3 is 4.98 Å². The van der Waals surface area contributed by atoms with E-state index in [2.05, 4.69) is 34.1 Å². The molecule has 0 saturated carbocycles. The summed E-state index contributed by atoms with van der Waals surface area (Å²) < 4.78 is 29.2. The normalized spacial score (nSPS) is 21.8. The van der Waals surface area contributed by atoms with E-state index in [4.69, 9.17) is 0 Å². The predicted molar refractivity (Wildman–Crippen MR) is 104 cm³/mol. The lowest BCUT2D eigenvalue weighted by Gasteiger charge is -2.31. The van der Waals surface area contributed by atoms with Crippen molar-refractivity contribution in [3.05, 3.63) is 36.0 Å². The number of nitrogens with zero attached hydrogens (tertiary/aromatic N) is 3. The van der Waals surface area contributed by atoms with Crippen molar-refractivity contribution in [3.63, 3.8) is 0 Å². The van der Waals surface area contributed by atoms with E-state index >= 15 is 0 Å². The Morgan fingerprint density at radius 2 is 1.62 bits per heavy atom. The molecule has 2 aliphatic heterocycles. The van der Waals surface area contributed by atoms with Gasteiger partial charge in [0, 0.05) is 56.4 Å². The third-order valence-electron chi connectivity index (χ3n) is 5.59. The average Bonchev–Trinajstić information content (AvgIpc) is 3.02. The molecule has 2 saturated heterocycles. The van der Waals surface area contributed by atoms with Gasteiger partial charge in [0.05, 0.1) is 0 Å². The first kappa shape index (κ1) is 18.0. The van der Waals surface area contributed by atoms with Gasteiger partial charge in [0.2, 0.25) is 0 Å². The smallest absolute Gasteiger partial charge is 0.282 e. The van der Waals surface area contributed by atoms with Gasteiger partial charge >= 0.3 is 0 Å². The first-order valence-electron chi connectivity index (χ1n) is 9.67. The molecule has 2 aliphatic rings. The van der Waals surface area contributed by atoms with E-state index < -0.39 is 10.2 Å². The van der Waals surface area contributed by atoms with E-state index in [1.54, 1.807) is 8.61 Å². The summed E-state index contributed by atoms with van der Waals surface area (Å²) in [5, 5.41) is 1.26. The van der Waals surface area contributed by atoms with Gasteiger partial charge in [-0.05, 0) is 43.5 Å². The van der Waals surface area contributed by atoms with Crippen LogP contribution in [0.2, 0.25) is 0 Å². The molecule has 2 fully saturated rings. The first-order valence-corrected chi connectivity index (χ1v) is 11.1. The average molecular weight is 377 g/mol. The Bertz CT molecular complexity index is 842. The second-order valence-corrected chi connectivity index (χ2v) is 9.28. The molecule has 0 aliphatic carbocycles. The molecule has 0 spiro atoms. The maximum Gasteiger partial charge on any atom is 0.282 e. The highest BCUT2D eigenvalue weighted by atomic mass is 32.2. The molecule has 26 heavy (non-hydrogen) atoms. The van der Waals surface area contributed by atoms with Crippen LogP contribution in [0.3, 0.4) is 0 Å². The number of aromatic nitrogens is 1. The summed E-state index contributed by atoms with van der Waals surface area (Å²) in [6.07, 6.45) is 5.98. The van der Waals surface area contributed by atoms with Crippen LogP contribution in [0.5, 0.6) is 0 Å². The summed E-state index contributed by atoms with van der Waals surface area (Å²) in [6.45, 7) is 5.16. The van der Waals surface area contributed by atoms with E-state index in [9.17, 15) is 8.42 Å². The molecule has 0 atom stereocenters. The highest BCUT2D eigenvalue weighted by Gasteiger charge is 2.31. The van der Waals surface area contributed by atoms with Gasteiger partial charge in [-0.25, -0.2) is 0 Å². The summed E-state index contributed by atoms with van der Waals surface area (Å²) in [5.74, 6) is 0. The fourth-order valence-electron chi connectivity index (χ4n) is 4.12. The van der Waals surface area contributed by atoms with Crippen LogP contribution >= 0.6 is 0 Å². The van der Waals surface area contributed by atoms with Crippen LogP contribution in [0.15, 0.2) is 30.5 Å². The molecular formula is C19H28N4O2S. The SMILES string of the molecule is O=S(=O)(N1CCCCC1)N1CCCN(Cc2cccc3[nH]ccc23)CC1. The molecule has 142 valence electrons. The lowest BCUT2D eigenvalue weighted by atomic mass is 10.1. The zero-order valence-corrected chi connectivity index (χ0v) is 16.0. The van der Waals surface area contributed by atoms with Crippen molar-refractivity contribution in [2.45, 2.75) is 32.2 Å². The fraction of sp³-hybridized carbons (Fsp3) is 0.579. The topological polar surface area (TPSA) is 59.7 Å². The molecule has 1 aromatic carbocycles. The number of hydrogen-bond acceptors (Lipinski definition) is 3. The lowest BCUT2D eigenvalue weighted by molar-refractivity contribution is 0.273. The minimum atomic E-state index is -3.30. The molecule has 4 rings (SSSR count). The summed E-state index contributed by atoms with van der Waals surface area (Å²) >= 11 is 0. The highest BCUT2D eigenvalue weighted by Crippen LogP contribution is 2.21. The zero-order chi connectivity index (χ0) is 18.0. The molecule has 0 bridgehead atoms. The maximum atomic E-state index is 12.9. The van der Waals surface area contributed by atoms with Crippen LogP contribution in [-0.4, -0.2) is 66.2 Å². The fourth-order valence-corrected chi connectivity index (χ4v) is 5.84. The van der Waals surface area contributed by atoms with Gasteiger partial charge in [-0.3, -0.25) is 4.90 Å². The largest absolute Gasteiger partial charge is 0.361 e. The number of hydrogen-bond donors (Lipinski definition) is 1. The van der Waals surface area contributed by atoms with Crippen molar-refractivity contribution in [2.24, 2.45) is 0 Å². The van der Waals surface area contributed by atoms with E-state index in [0.717, 1.165) is 50.8 Å². The van der Waals surface area contributed by atoms with Crippen LogP contribution < -0.4 is 0 Å². The van der Waals surface area contributed by atoms with Crippen LogP contribution in [-0.2, 0) is 16.8 Å². The van der Waals surface area contributed by atoms with Gasteiger partial charge in [-0.15, -0.1) is 0 Å². The van der Waals surface area contributed by atoms with E-state index in [1.807, 2.05) is 6.20 Å². The number of aromatic amines is 1. The van der Waals surface area contributed by atoms with Crippen LogP contribution in [0, 0.1) is 0 Å². The standard InChI is InChI=1S/C19H28N4O2S/c24-26(25,22-11-2-1-3-12-22)23-13-5-10-21(14-15-23)16-17-6-4-7-19-18(17)8-9-20-19/h4,6-9,20H,1-3,5,10-16H2. The maximum absolute atomic E-state index is 12.9. The quantitative estimate of drug-likeness (QED) is 0.891. The van der Waals surface area contributed by atoms with Crippen molar-refractivity contribution in [3.8, 4) is 0 Å². The predicted octanol–water partition coefficient (Wildman–Crippen LogP) is 2.41. The van der Waals surface area contributed by atoms with Gasteiger partial charge in [-0.2, -0.15) is 17.0 Å². The molecule has 6 nitrogen and oxygen atoms in total. The first-order chi connectivity index (χ1) is 12.6. The molecule has 7 heteroatoms. The molecule has 0 radical (unpaired) electrons. The summed E-state index contributed by atoms with van der Waals surface area (Å²) in [6, 6.07) is 8.46. The van der Waals surface area contributed by atoms with Gasteiger partial charge in [0.1, 0.15) is 0 Å². The second kappa shape index (κ2) is 7.68. The van der Waals surface area contributed by atoms with Gasteiger partial charge in [-0.1, -0.05) is 18.6 Å². The van der Waals surface area contributed by atoms with Crippen LogP contribution in [0.4, 0.5) is 0 Å². The Morgan fingerprint density at radius 1 is 0.846 bits per heavy atom. The number of benzene rings is 1. The van der Waals surface area contributed by atoms with Crippen molar-refractivity contribution >= 4 is 21.1 Å². The van der Waals surface area contributed by atoms with Crippen LogP contribution in [0.25, 0.3) is 10.9 Å². The Labute approximate surface area is 156 Å². The number of piperidine rings is 1. The number of fused-ring (bicyclic) bond motifs is 1. The molecule has 2 aromatic rings. The monoisotopic (exact) mass is 376 g/mol. The van der Waals surface area contributed by atoms with Crippen molar-refractivity contribution < 1.29 is 8.42 Å². The summed E-state index contributed by atoms with van der Waals surface area (Å²) in [5.41, 5.74) is 2.46. The van der Waals surface area contributed by atoms with E-state index in [-0.39, 0.29) is 0 Å². The third kappa shape index (κ3) is 3.67. The molecule has 1 N–H and O–H groups in total. The molecule has 0 unspecified atom stereocenters. The molecule has 0 amide bonds. The third-order valence-corrected chi connectivity index (χ3v) is 7.63. The van der Waals surface area contributed by atoms with Crippen molar-refractivity contribution in [1.82, 2.24) is 18.5 Å². The summed E-state index contributed by atoms with van der Waals surface area (Å²) in [7, 11) is -3.30. The minimum Gasteiger partial charge on any atom is -0.361 e. The van der Waals surface area contributed by atoms with Gasteiger partial charge in [0.15, 0.2) is 0 Å². The van der Waals surface area contributed by atoms with Crippen LogP contribution in [0.1, 0.15) is 31.2 Å². The molecule has 1 aromatic heterocycles. The molecular weight excluding hydrogens is 348 g/mol. The van der Waals surface area contributed by atoms with E-state index in [0.29, 0.717) is 26.2 Å². The Hall–Kier alpha value is -1.41. The highest BCUT2D eigenvalue weighted by molar-refractivity contribution is 7.86. The van der Waals surface area contributed by atoms with E-state index in [1.165, 1.54) is 10.9 Å². The Balaban J connectivity index is 1.42. The molecule has 3 heterocycles. The minimum absolute atomic E-state index is 0.585. The van der Waals surface area contributed by atoms with Gasteiger partial charge in [0.25, 0.3) is 10.2 Å². The Kier molecular flexibility index (Phi) is 5.31. The lowest BCUT2D eigenvalue weighted by Crippen LogP contribution is -2.47. The number of H-pyrrole nitrogens is 1. The zero-order valence-electron chi connectivity index (χ0n) is 15.2. The van der Waals surface area contributed by atoms with Crippen molar-refractivity contribution in [2.75, 3.05) is 39.3 Å². The number of nitrogens with one attached hydrogen (secondary N) is 1. The number of rotatable bonds is 4.